The van der Waals surface area contributed by atoms with Gasteiger partial charge in [-0.15, -0.1) is 0 Å². The molecule has 0 bridgehead atoms. The molecule has 68 valence electrons. The van der Waals surface area contributed by atoms with Crippen LogP contribution in [0.4, 0.5) is 0 Å². The van der Waals surface area contributed by atoms with E-state index in [-0.39, 0.29) is 10.1 Å². The Hall–Kier alpha value is -0.660. The third kappa shape index (κ3) is 3.16. The molecular weight excluding hydrogens is 277 g/mol. The number of hydrogen-bond acceptors (Lipinski definition) is 5. The van der Waals surface area contributed by atoms with Crippen molar-refractivity contribution in [3.05, 3.63) is 0 Å². The zero-order valence-electron chi connectivity index (χ0n) is 6.67. The van der Waals surface area contributed by atoms with Crippen molar-refractivity contribution in [3.8, 4) is 0 Å². The summed E-state index contributed by atoms with van der Waals surface area (Å²) in [4.78, 5) is 26.1. The van der Waals surface area contributed by atoms with E-state index >= 15 is 0 Å². The number of ether oxygens (including phenoxy) is 1. The summed E-state index contributed by atoms with van der Waals surface area (Å²) in [5.74, 6) is -1.19. The second-order valence-corrected chi connectivity index (χ2v) is 2.43. The first kappa shape index (κ1) is 11.3. The van der Waals surface area contributed by atoms with E-state index < -0.39 is 11.8 Å². The van der Waals surface area contributed by atoms with Crippen molar-refractivity contribution in [2.45, 2.75) is 0 Å². The van der Waals surface area contributed by atoms with Crippen LogP contribution >= 0.6 is 22.6 Å². The first-order chi connectivity index (χ1) is 5.67. The summed E-state index contributed by atoms with van der Waals surface area (Å²) in [6.07, 6.45) is 0. The molecule has 0 aromatic heterocycles. The van der Waals surface area contributed by atoms with Gasteiger partial charge in [0.15, 0.2) is 0 Å². The zero-order valence-corrected chi connectivity index (χ0v) is 8.82. The number of methoxy groups -OCH3 is 1. The number of hydrogen-bond donors (Lipinski definition) is 0. The fourth-order valence-corrected chi connectivity index (χ4v) is 0.815. The number of oxime groups is 1. The first-order valence-corrected chi connectivity index (χ1v) is 4.48. The lowest BCUT2D eigenvalue weighted by Gasteiger charge is -1.98. The van der Waals surface area contributed by atoms with Crippen LogP contribution in [0.25, 0.3) is 0 Å². The van der Waals surface area contributed by atoms with Crippen LogP contribution in [0.3, 0.4) is 0 Å². The summed E-state index contributed by atoms with van der Waals surface area (Å²) in [5.41, 5.74) is -0.311. The molecule has 0 unspecified atom stereocenters. The maximum atomic E-state index is 11.0. The largest absolute Gasteiger partial charge is 0.464 e. The van der Waals surface area contributed by atoms with E-state index in [9.17, 15) is 9.59 Å². The summed E-state index contributed by atoms with van der Waals surface area (Å²) in [5, 5.41) is 3.25. The maximum absolute atomic E-state index is 11.0. The molecule has 0 spiro atoms. The van der Waals surface area contributed by atoms with Gasteiger partial charge in [0.1, 0.15) is 7.11 Å². The molecule has 0 radical (unpaired) electrons. The molecule has 5 nitrogen and oxygen atoms in total. The molecule has 0 heterocycles. The van der Waals surface area contributed by atoms with Gasteiger partial charge in [-0.25, -0.2) is 4.79 Å². The SMILES string of the molecule is CO/N=C(/C(=O)CI)C(=O)OC. The number of carbonyl (C=O) groups excluding carboxylic acids is 2. The number of carbonyl (C=O) groups is 2. The minimum Gasteiger partial charge on any atom is -0.464 e. The summed E-state index contributed by atoms with van der Waals surface area (Å²) in [6.45, 7) is 0. The van der Waals surface area contributed by atoms with Gasteiger partial charge in [-0.2, -0.15) is 0 Å². The fraction of sp³-hybridized carbons (Fsp3) is 0.500. The topological polar surface area (TPSA) is 65.0 Å². The Balaban J connectivity index is 4.55. The molecule has 0 aliphatic carbocycles. The highest BCUT2D eigenvalue weighted by atomic mass is 127. The van der Waals surface area contributed by atoms with Crippen molar-refractivity contribution in [3.63, 3.8) is 0 Å². The van der Waals surface area contributed by atoms with Gasteiger partial charge in [0.2, 0.25) is 11.5 Å². The van der Waals surface area contributed by atoms with E-state index in [4.69, 9.17) is 0 Å². The highest BCUT2D eigenvalue weighted by Gasteiger charge is 2.20. The van der Waals surface area contributed by atoms with Gasteiger partial charge in [-0.1, -0.05) is 27.7 Å². The van der Waals surface area contributed by atoms with Crippen molar-refractivity contribution in [1.29, 1.82) is 0 Å². The van der Waals surface area contributed by atoms with Crippen molar-refractivity contribution >= 4 is 40.1 Å². The molecule has 0 N–H and O–H groups in total. The lowest BCUT2D eigenvalue weighted by atomic mass is 10.3. The van der Waals surface area contributed by atoms with E-state index in [0.717, 1.165) is 0 Å². The van der Waals surface area contributed by atoms with Gasteiger partial charge in [-0.3, -0.25) is 4.79 Å². The maximum Gasteiger partial charge on any atom is 0.363 e. The predicted molar refractivity (Wildman–Crippen MR) is 50.4 cm³/mol. The van der Waals surface area contributed by atoms with Crippen LogP contribution < -0.4 is 0 Å². The fourth-order valence-electron chi connectivity index (χ4n) is 0.453. The molecule has 6 heteroatoms. The smallest absolute Gasteiger partial charge is 0.363 e. The highest BCUT2D eigenvalue weighted by molar-refractivity contribution is 14.1. The number of rotatable bonds is 4. The van der Waals surface area contributed by atoms with Crippen LogP contribution in [0, 0.1) is 0 Å². The van der Waals surface area contributed by atoms with Crippen molar-refractivity contribution in [2.24, 2.45) is 5.16 Å². The Kier molecular flexibility index (Phi) is 5.60. The average molecular weight is 285 g/mol. The number of alkyl halides is 1. The van der Waals surface area contributed by atoms with Gasteiger partial charge in [0, 0.05) is 0 Å². The Morgan fingerprint density at radius 2 is 2.00 bits per heavy atom. The lowest BCUT2D eigenvalue weighted by Crippen LogP contribution is -2.26. The summed E-state index contributed by atoms with van der Waals surface area (Å²) < 4.78 is 4.48. The Bertz CT molecular complexity index is 196. The zero-order chi connectivity index (χ0) is 9.56. The Morgan fingerprint density at radius 1 is 1.42 bits per heavy atom. The van der Waals surface area contributed by atoms with Crippen LogP contribution in [0.15, 0.2) is 5.16 Å². The molecule has 0 aromatic rings. The molecular formula is C6H8INO4. The minimum atomic E-state index is -0.779. The molecule has 0 saturated heterocycles. The number of Topliss-reactive ketones (excluding diaryl/α,β-unsaturated/α-hetero) is 1. The number of halogens is 1. The van der Waals surface area contributed by atoms with Crippen molar-refractivity contribution in [2.75, 3.05) is 18.6 Å². The average Bonchev–Trinajstić information content (AvgIpc) is 2.11. The van der Waals surface area contributed by atoms with Crippen LogP contribution in [0.2, 0.25) is 0 Å². The summed E-state index contributed by atoms with van der Waals surface area (Å²) >= 11 is 1.82. The molecule has 0 atom stereocenters. The van der Waals surface area contributed by atoms with Gasteiger partial charge in [-0.05, 0) is 0 Å². The molecule has 0 saturated carbocycles. The van der Waals surface area contributed by atoms with Crippen molar-refractivity contribution in [1.82, 2.24) is 0 Å². The van der Waals surface area contributed by atoms with Gasteiger partial charge in [0.25, 0.3) is 0 Å². The summed E-state index contributed by atoms with van der Waals surface area (Å²) in [6, 6.07) is 0. The molecule has 0 rings (SSSR count). The molecule has 0 aromatic carbocycles. The Morgan fingerprint density at radius 3 is 2.33 bits per heavy atom. The standard InChI is InChI=1S/C6H8INO4/c1-11-6(10)5(8-12-2)4(9)3-7/h3H2,1-2H3/b8-5-. The van der Waals surface area contributed by atoms with Gasteiger partial charge < -0.3 is 9.57 Å². The van der Waals surface area contributed by atoms with Gasteiger partial charge >= 0.3 is 5.97 Å². The van der Waals surface area contributed by atoms with E-state index in [1.54, 1.807) is 0 Å². The van der Waals surface area contributed by atoms with E-state index in [2.05, 4.69) is 14.7 Å². The van der Waals surface area contributed by atoms with E-state index in [1.165, 1.54) is 14.2 Å². The predicted octanol–water partition coefficient (Wildman–Crippen LogP) is 0.166. The first-order valence-electron chi connectivity index (χ1n) is 2.96. The third-order valence-electron chi connectivity index (χ3n) is 0.947. The monoisotopic (exact) mass is 285 g/mol. The molecule has 0 aliphatic rings. The van der Waals surface area contributed by atoms with Crippen LogP contribution in [0.1, 0.15) is 0 Å². The molecule has 12 heavy (non-hydrogen) atoms. The number of esters is 1. The minimum absolute atomic E-state index is 0.162. The van der Waals surface area contributed by atoms with E-state index in [0.29, 0.717) is 0 Å². The number of nitrogens with zero attached hydrogens (tertiary/aromatic N) is 1. The normalized spacial score (nSPS) is 10.8. The second kappa shape index (κ2) is 5.92. The number of ketones is 1. The van der Waals surface area contributed by atoms with Crippen LogP contribution in [-0.4, -0.2) is 36.1 Å². The summed E-state index contributed by atoms with van der Waals surface area (Å²) in [7, 11) is 2.43. The molecule has 0 amide bonds. The van der Waals surface area contributed by atoms with Crippen LogP contribution in [-0.2, 0) is 19.2 Å². The van der Waals surface area contributed by atoms with Crippen LogP contribution in [0.5, 0.6) is 0 Å². The second-order valence-electron chi connectivity index (χ2n) is 1.67. The quantitative estimate of drug-likeness (QED) is 0.184. The molecule has 0 fully saturated rings. The third-order valence-corrected chi connectivity index (χ3v) is 1.64. The Labute approximate surface area is 83.2 Å². The van der Waals surface area contributed by atoms with Gasteiger partial charge in [0.05, 0.1) is 11.5 Å². The van der Waals surface area contributed by atoms with Crippen molar-refractivity contribution < 1.29 is 19.2 Å². The van der Waals surface area contributed by atoms with E-state index in [1.807, 2.05) is 22.6 Å². The molecule has 0 aliphatic heterocycles. The highest BCUT2D eigenvalue weighted by Crippen LogP contribution is 1.92. The lowest BCUT2D eigenvalue weighted by molar-refractivity contribution is -0.133.